The van der Waals surface area contributed by atoms with Gasteiger partial charge in [-0.05, 0) is 62.4 Å². The number of amides is 2. The Morgan fingerprint density at radius 2 is 1.90 bits per heavy atom. The van der Waals surface area contributed by atoms with E-state index in [-0.39, 0.29) is 23.8 Å². The molecule has 0 aliphatic heterocycles. The van der Waals surface area contributed by atoms with E-state index in [0.717, 1.165) is 24.8 Å². The predicted octanol–water partition coefficient (Wildman–Crippen LogP) is 4.66. The zero-order valence-corrected chi connectivity index (χ0v) is 20.1. The molecule has 2 aromatic rings. The third kappa shape index (κ3) is 5.46. The lowest BCUT2D eigenvalue weighted by molar-refractivity contribution is -0.116. The number of likely N-dealkylation sites (N-methyl/N-ethyl adjacent to an activating group) is 1. The van der Waals surface area contributed by atoms with Crippen molar-refractivity contribution in [1.29, 1.82) is 0 Å². The fourth-order valence-electron chi connectivity index (χ4n) is 4.04. The normalized spacial score (nSPS) is 16.0. The number of hydrogen-bond donors (Lipinski definition) is 2. The first-order chi connectivity index (χ1) is 14.6. The van der Waals surface area contributed by atoms with Gasteiger partial charge in [-0.2, -0.15) is 0 Å². The third-order valence-electron chi connectivity index (χ3n) is 5.79. The fraction of sp³-hybridized carbons (Fsp3) is 0.500. The molecule has 0 spiro atoms. The Bertz CT molecular complexity index is 959. The fourth-order valence-corrected chi connectivity index (χ4v) is 5.38. The summed E-state index contributed by atoms with van der Waals surface area (Å²) in [7, 11) is 5.28. The van der Waals surface area contributed by atoms with Crippen LogP contribution in [0.25, 0.3) is 0 Å². The SMILES string of the molecule is COc1ccccc1NC(=O)c1c(NC(=O)CN(C)C)sc2c1CC[C@@H](C(C)(C)C)C2. The van der Waals surface area contributed by atoms with Crippen LogP contribution in [0, 0.1) is 11.3 Å². The van der Waals surface area contributed by atoms with Gasteiger partial charge in [-0.15, -0.1) is 11.3 Å². The number of nitrogens with one attached hydrogen (secondary N) is 2. The number of ether oxygens (including phenoxy) is 1. The first-order valence-electron chi connectivity index (χ1n) is 10.6. The molecule has 0 saturated carbocycles. The Hall–Kier alpha value is -2.38. The van der Waals surface area contributed by atoms with E-state index in [1.165, 1.54) is 4.88 Å². The number of carbonyl (C=O) groups excluding carboxylic acids is 2. The number of methoxy groups -OCH3 is 1. The van der Waals surface area contributed by atoms with Crippen molar-refractivity contribution in [1.82, 2.24) is 4.90 Å². The quantitative estimate of drug-likeness (QED) is 0.681. The Kier molecular flexibility index (Phi) is 7.06. The predicted molar refractivity (Wildman–Crippen MR) is 127 cm³/mol. The van der Waals surface area contributed by atoms with Crippen LogP contribution in [-0.4, -0.2) is 44.5 Å². The molecule has 2 amide bonds. The van der Waals surface area contributed by atoms with Gasteiger partial charge < -0.3 is 20.3 Å². The van der Waals surface area contributed by atoms with Crippen molar-refractivity contribution in [2.45, 2.75) is 40.0 Å². The molecule has 1 heterocycles. The largest absolute Gasteiger partial charge is 0.495 e. The topological polar surface area (TPSA) is 70.7 Å². The molecule has 0 saturated heterocycles. The van der Waals surface area contributed by atoms with Crippen molar-refractivity contribution in [3.8, 4) is 5.75 Å². The molecule has 0 fully saturated rings. The van der Waals surface area contributed by atoms with Crippen LogP contribution in [0.5, 0.6) is 5.75 Å². The highest BCUT2D eigenvalue weighted by Crippen LogP contribution is 2.44. The zero-order chi connectivity index (χ0) is 22.8. The lowest BCUT2D eigenvalue weighted by Crippen LogP contribution is -2.28. The van der Waals surface area contributed by atoms with Gasteiger partial charge in [0.05, 0.1) is 24.9 Å². The maximum Gasteiger partial charge on any atom is 0.259 e. The zero-order valence-electron chi connectivity index (χ0n) is 19.3. The molecule has 31 heavy (non-hydrogen) atoms. The molecule has 3 rings (SSSR count). The number of anilines is 2. The number of nitrogens with zero attached hydrogens (tertiary/aromatic N) is 1. The van der Waals surface area contributed by atoms with Crippen LogP contribution in [0.4, 0.5) is 10.7 Å². The number of para-hydroxylation sites is 2. The second kappa shape index (κ2) is 9.40. The number of thiophene rings is 1. The molecular weight excluding hydrogens is 410 g/mol. The first kappa shape index (κ1) is 23.3. The number of benzene rings is 1. The summed E-state index contributed by atoms with van der Waals surface area (Å²) in [5, 5.41) is 6.62. The third-order valence-corrected chi connectivity index (χ3v) is 6.95. The monoisotopic (exact) mass is 443 g/mol. The average molecular weight is 444 g/mol. The van der Waals surface area contributed by atoms with E-state index in [0.29, 0.717) is 27.9 Å². The number of hydrogen-bond acceptors (Lipinski definition) is 5. The van der Waals surface area contributed by atoms with Crippen molar-refractivity contribution in [2.75, 3.05) is 38.4 Å². The van der Waals surface area contributed by atoms with E-state index >= 15 is 0 Å². The summed E-state index contributed by atoms with van der Waals surface area (Å²) in [4.78, 5) is 28.9. The van der Waals surface area contributed by atoms with Crippen LogP contribution in [0.3, 0.4) is 0 Å². The van der Waals surface area contributed by atoms with Crippen molar-refractivity contribution < 1.29 is 14.3 Å². The molecule has 168 valence electrons. The summed E-state index contributed by atoms with van der Waals surface area (Å²) in [5.41, 5.74) is 2.47. The van der Waals surface area contributed by atoms with Crippen LogP contribution in [0.15, 0.2) is 24.3 Å². The number of carbonyl (C=O) groups is 2. The van der Waals surface area contributed by atoms with Gasteiger partial charge in [-0.25, -0.2) is 0 Å². The first-order valence-corrected chi connectivity index (χ1v) is 11.4. The van der Waals surface area contributed by atoms with Gasteiger partial charge >= 0.3 is 0 Å². The highest BCUT2D eigenvalue weighted by Gasteiger charge is 2.34. The van der Waals surface area contributed by atoms with Crippen LogP contribution < -0.4 is 15.4 Å². The maximum atomic E-state index is 13.4. The molecular formula is C24H33N3O3S. The Morgan fingerprint density at radius 3 is 2.55 bits per heavy atom. The Labute approximate surface area is 189 Å². The van der Waals surface area contributed by atoms with E-state index in [1.54, 1.807) is 18.4 Å². The summed E-state index contributed by atoms with van der Waals surface area (Å²) < 4.78 is 5.38. The molecule has 6 nitrogen and oxygen atoms in total. The van der Waals surface area contributed by atoms with E-state index in [2.05, 4.69) is 31.4 Å². The molecule has 7 heteroatoms. The molecule has 0 radical (unpaired) electrons. The van der Waals surface area contributed by atoms with Gasteiger partial charge in [0, 0.05) is 4.88 Å². The van der Waals surface area contributed by atoms with Crippen molar-refractivity contribution in [3.05, 3.63) is 40.3 Å². The summed E-state index contributed by atoms with van der Waals surface area (Å²) >= 11 is 1.54. The lowest BCUT2D eigenvalue weighted by Gasteiger charge is -2.33. The summed E-state index contributed by atoms with van der Waals surface area (Å²) in [6.45, 7) is 7.07. The molecule has 1 atom stereocenters. The smallest absolute Gasteiger partial charge is 0.259 e. The highest BCUT2D eigenvalue weighted by molar-refractivity contribution is 7.17. The Morgan fingerprint density at radius 1 is 1.19 bits per heavy atom. The average Bonchev–Trinajstić information content (AvgIpc) is 3.03. The van der Waals surface area contributed by atoms with E-state index in [9.17, 15) is 9.59 Å². The second-order valence-electron chi connectivity index (χ2n) is 9.45. The van der Waals surface area contributed by atoms with Crippen molar-refractivity contribution in [3.63, 3.8) is 0 Å². The molecule has 1 aromatic carbocycles. The summed E-state index contributed by atoms with van der Waals surface area (Å²) in [6.07, 6.45) is 2.81. The molecule has 1 aliphatic carbocycles. The van der Waals surface area contributed by atoms with Crippen LogP contribution in [0.2, 0.25) is 0 Å². The van der Waals surface area contributed by atoms with Gasteiger partial charge in [0.2, 0.25) is 5.91 Å². The molecule has 1 aromatic heterocycles. The molecule has 1 aliphatic rings. The summed E-state index contributed by atoms with van der Waals surface area (Å²) in [6, 6.07) is 7.34. The minimum atomic E-state index is -0.212. The number of rotatable bonds is 6. The van der Waals surface area contributed by atoms with Crippen LogP contribution >= 0.6 is 11.3 Å². The molecule has 2 N–H and O–H groups in total. The molecule has 0 bridgehead atoms. The van der Waals surface area contributed by atoms with E-state index < -0.39 is 0 Å². The number of fused-ring (bicyclic) bond motifs is 1. The van der Waals surface area contributed by atoms with Crippen molar-refractivity contribution >= 4 is 33.8 Å². The minimum absolute atomic E-state index is 0.123. The standard InChI is InChI=1S/C24H33N3O3S/c1-24(2,3)15-11-12-16-19(13-15)31-23(26-20(28)14-27(4)5)21(16)22(29)25-17-9-7-8-10-18(17)30-6/h7-10,15H,11-14H2,1-6H3,(H,25,29)(H,26,28)/t15-/m1/s1. The van der Waals surface area contributed by atoms with E-state index in [1.807, 2.05) is 43.3 Å². The highest BCUT2D eigenvalue weighted by atomic mass is 32.1. The lowest BCUT2D eigenvalue weighted by atomic mass is 9.72. The van der Waals surface area contributed by atoms with E-state index in [4.69, 9.17) is 4.74 Å². The Balaban J connectivity index is 1.95. The van der Waals surface area contributed by atoms with Gasteiger partial charge in [0.15, 0.2) is 0 Å². The van der Waals surface area contributed by atoms with Crippen molar-refractivity contribution in [2.24, 2.45) is 11.3 Å². The van der Waals surface area contributed by atoms with Crippen LogP contribution in [0.1, 0.15) is 48.0 Å². The van der Waals surface area contributed by atoms with Gasteiger partial charge in [-0.1, -0.05) is 32.9 Å². The molecule has 0 unspecified atom stereocenters. The minimum Gasteiger partial charge on any atom is -0.495 e. The van der Waals surface area contributed by atoms with Gasteiger partial charge in [-0.3, -0.25) is 9.59 Å². The maximum absolute atomic E-state index is 13.4. The second-order valence-corrected chi connectivity index (χ2v) is 10.6. The van der Waals surface area contributed by atoms with Crippen LogP contribution in [-0.2, 0) is 17.6 Å². The van der Waals surface area contributed by atoms with Gasteiger partial charge in [0.1, 0.15) is 10.8 Å². The van der Waals surface area contributed by atoms with Gasteiger partial charge in [0.25, 0.3) is 5.91 Å². The summed E-state index contributed by atoms with van der Waals surface area (Å²) in [5.74, 6) is 0.818.